The smallest absolute Gasteiger partial charge is 0.235 e. The summed E-state index contributed by atoms with van der Waals surface area (Å²) in [6, 6.07) is 5.83. The fourth-order valence-electron chi connectivity index (χ4n) is 2.02. The molecule has 1 aliphatic carbocycles. The predicted octanol–water partition coefficient (Wildman–Crippen LogP) is 2.46. The third kappa shape index (κ3) is 1.20. The number of isocyanates is 1. The second-order valence-corrected chi connectivity index (χ2v) is 4.21. The van der Waals surface area contributed by atoms with Crippen LogP contribution in [-0.2, 0) is 10.3 Å². The largest absolute Gasteiger partial charge is 0.356 e. The van der Waals surface area contributed by atoms with E-state index in [0.29, 0.717) is 0 Å². The second kappa shape index (κ2) is 3.03. The minimum Gasteiger partial charge on any atom is -0.356 e. The zero-order valence-electron chi connectivity index (χ0n) is 8.86. The Morgan fingerprint density at radius 3 is 3.00 bits per heavy atom. The van der Waals surface area contributed by atoms with Crippen molar-refractivity contribution >= 4 is 17.0 Å². The minimum absolute atomic E-state index is 0.320. The van der Waals surface area contributed by atoms with Gasteiger partial charge in [-0.2, -0.15) is 4.99 Å². The first-order valence-electron chi connectivity index (χ1n) is 5.21. The van der Waals surface area contributed by atoms with Gasteiger partial charge in [0.2, 0.25) is 6.08 Å². The van der Waals surface area contributed by atoms with E-state index in [1.165, 1.54) is 0 Å². The third-order valence-corrected chi connectivity index (χ3v) is 3.17. The SMILES string of the molecule is Cc1noc2ccc(C3(N=C=O)CC3)cc12. The molecule has 2 aromatic rings. The fourth-order valence-corrected chi connectivity index (χ4v) is 2.02. The van der Waals surface area contributed by atoms with Gasteiger partial charge in [0.15, 0.2) is 5.58 Å². The van der Waals surface area contributed by atoms with Gasteiger partial charge in [-0.3, -0.25) is 0 Å². The molecule has 1 heterocycles. The highest BCUT2D eigenvalue weighted by Gasteiger charge is 2.44. The van der Waals surface area contributed by atoms with Crippen molar-refractivity contribution in [3.8, 4) is 0 Å². The van der Waals surface area contributed by atoms with E-state index in [2.05, 4.69) is 10.1 Å². The van der Waals surface area contributed by atoms with E-state index < -0.39 is 0 Å². The second-order valence-electron chi connectivity index (χ2n) is 4.21. The summed E-state index contributed by atoms with van der Waals surface area (Å²) >= 11 is 0. The molecule has 0 aliphatic heterocycles. The molecule has 1 aliphatic rings. The number of hydrogen-bond donors (Lipinski definition) is 0. The van der Waals surface area contributed by atoms with Gasteiger partial charge in [-0.05, 0) is 37.5 Å². The van der Waals surface area contributed by atoms with Crippen molar-refractivity contribution in [2.45, 2.75) is 25.3 Å². The summed E-state index contributed by atoms with van der Waals surface area (Å²) in [7, 11) is 0. The van der Waals surface area contributed by atoms with Gasteiger partial charge in [0.05, 0.1) is 11.2 Å². The summed E-state index contributed by atoms with van der Waals surface area (Å²) in [5.74, 6) is 0. The molecule has 0 amide bonds. The van der Waals surface area contributed by atoms with Gasteiger partial charge in [-0.1, -0.05) is 11.2 Å². The highest BCUT2D eigenvalue weighted by molar-refractivity contribution is 5.80. The van der Waals surface area contributed by atoms with Crippen LogP contribution in [0.3, 0.4) is 0 Å². The topological polar surface area (TPSA) is 55.5 Å². The number of rotatable bonds is 2. The lowest BCUT2D eigenvalue weighted by atomic mass is 10.0. The van der Waals surface area contributed by atoms with Crippen LogP contribution in [0.2, 0.25) is 0 Å². The highest BCUT2D eigenvalue weighted by atomic mass is 16.5. The number of fused-ring (bicyclic) bond motifs is 1. The van der Waals surface area contributed by atoms with Gasteiger partial charge in [-0.15, -0.1) is 0 Å². The maximum atomic E-state index is 10.4. The first-order chi connectivity index (χ1) is 7.75. The van der Waals surface area contributed by atoms with E-state index in [4.69, 9.17) is 4.52 Å². The van der Waals surface area contributed by atoms with Crippen molar-refractivity contribution in [2.75, 3.05) is 0 Å². The number of aryl methyl sites for hydroxylation is 1. The van der Waals surface area contributed by atoms with E-state index in [1.807, 2.05) is 25.1 Å². The van der Waals surface area contributed by atoms with Crippen LogP contribution in [0.1, 0.15) is 24.1 Å². The van der Waals surface area contributed by atoms with E-state index >= 15 is 0 Å². The monoisotopic (exact) mass is 214 g/mol. The highest BCUT2D eigenvalue weighted by Crippen LogP contribution is 2.49. The maximum Gasteiger partial charge on any atom is 0.235 e. The van der Waals surface area contributed by atoms with Crippen LogP contribution in [0, 0.1) is 6.92 Å². The Kier molecular flexibility index (Phi) is 1.76. The molecule has 0 N–H and O–H groups in total. The van der Waals surface area contributed by atoms with Gasteiger partial charge >= 0.3 is 0 Å². The van der Waals surface area contributed by atoms with Crippen LogP contribution in [0.15, 0.2) is 27.7 Å². The number of carbonyl (C=O) groups excluding carboxylic acids is 1. The number of aromatic nitrogens is 1. The number of benzene rings is 1. The van der Waals surface area contributed by atoms with Gasteiger partial charge < -0.3 is 4.52 Å². The van der Waals surface area contributed by atoms with Gasteiger partial charge in [0.25, 0.3) is 0 Å². The Bertz CT molecular complexity index is 605. The molecular formula is C12H10N2O2. The molecule has 80 valence electrons. The zero-order chi connectivity index (χ0) is 11.2. The van der Waals surface area contributed by atoms with Crippen molar-refractivity contribution < 1.29 is 9.32 Å². The Balaban J connectivity index is 2.18. The summed E-state index contributed by atoms with van der Waals surface area (Å²) in [4.78, 5) is 14.3. The predicted molar refractivity (Wildman–Crippen MR) is 57.8 cm³/mol. The molecule has 0 radical (unpaired) electrons. The lowest BCUT2D eigenvalue weighted by molar-refractivity contribution is 0.450. The molecular weight excluding hydrogens is 204 g/mol. The zero-order valence-corrected chi connectivity index (χ0v) is 8.86. The standard InChI is InChI=1S/C12H10N2O2/c1-8-10-6-9(2-3-11(10)16-14-8)12(4-5-12)13-7-15/h2-3,6H,4-5H2,1H3. The Morgan fingerprint density at radius 2 is 2.31 bits per heavy atom. The van der Waals surface area contributed by atoms with Crippen LogP contribution in [0.4, 0.5) is 0 Å². The van der Waals surface area contributed by atoms with Crippen LogP contribution >= 0.6 is 0 Å². The van der Waals surface area contributed by atoms with E-state index in [0.717, 1.165) is 35.1 Å². The van der Waals surface area contributed by atoms with Crippen molar-refractivity contribution in [3.05, 3.63) is 29.5 Å². The Labute approximate surface area is 92.0 Å². The first-order valence-corrected chi connectivity index (χ1v) is 5.21. The molecule has 16 heavy (non-hydrogen) atoms. The van der Waals surface area contributed by atoms with Crippen LogP contribution < -0.4 is 0 Å². The minimum atomic E-state index is -0.320. The number of nitrogens with zero attached hydrogens (tertiary/aromatic N) is 2. The molecule has 4 nitrogen and oxygen atoms in total. The molecule has 1 fully saturated rings. The number of hydrogen-bond acceptors (Lipinski definition) is 4. The Morgan fingerprint density at radius 1 is 1.50 bits per heavy atom. The molecule has 0 atom stereocenters. The van der Waals surface area contributed by atoms with Gasteiger partial charge in [0.1, 0.15) is 0 Å². The van der Waals surface area contributed by atoms with Crippen molar-refractivity contribution in [2.24, 2.45) is 4.99 Å². The fraction of sp³-hybridized carbons (Fsp3) is 0.333. The molecule has 3 rings (SSSR count). The normalized spacial score (nSPS) is 17.1. The van der Waals surface area contributed by atoms with E-state index in [-0.39, 0.29) is 5.54 Å². The van der Waals surface area contributed by atoms with Crippen molar-refractivity contribution in [3.63, 3.8) is 0 Å². The number of aliphatic imine (C=N–C) groups is 1. The molecule has 1 aromatic heterocycles. The lowest BCUT2D eigenvalue weighted by Gasteiger charge is -2.07. The molecule has 4 heteroatoms. The summed E-state index contributed by atoms with van der Waals surface area (Å²) in [6.45, 7) is 1.90. The van der Waals surface area contributed by atoms with E-state index in [9.17, 15) is 4.79 Å². The van der Waals surface area contributed by atoms with Crippen LogP contribution in [0.5, 0.6) is 0 Å². The Hall–Kier alpha value is -1.93. The maximum absolute atomic E-state index is 10.4. The molecule has 0 spiro atoms. The average molecular weight is 214 g/mol. The third-order valence-electron chi connectivity index (χ3n) is 3.17. The average Bonchev–Trinajstić information content (AvgIpc) is 2.99. The van der Waals surface area contributed by atoms with Crippen molar-refractivity contribution in [1.29, 1.82) is 0 Å². The van der Waals surface area contributed by atoms with Gasteiger partial charge in [-0.25, -0.2) is 4.79 Å². The quantitative estimate of drug-likeness (QED) is 0.570. The molecule has 0 unspecified atom stereocenters. The molecule has 0 bridgehead atoms. The summed E-state index contributed by atoms with van der Waals surface area (Å²) in [5.41, 5.74) is 2.36. The van der Waals surface area contributed by atoms with E-state index in [1.54, 1.807) is 6.08 Å². The van der Waals surface area contributed by atoms with Crippen molar-refractivity contribution in [1.82, 2.24) is 5.16 Å². The molecule has 0 saturated heterocycles. The molecule has 1 saturated carbocycles. The first kappa shape index (κ1) is 9.31. The summed E-state index contributed by atoms with van der Waals surface area (Å²) in [6.07, 6.45) is 3.49. The lowest BCUT2D eigenvalue weighted by Crippen LogP contribution is -2.01. The summed E-state index contributed by atoms with van der Waals surface area (Å²) in [5, 5.41) is 4.89. The van der Waals surface area contributed by atoms with Gasteiger partial charge in [0, 0.05) is 5.39 Å². The van der Waals surface area contributed by atoms with Crippen LogP contribution in [0.25, 0.3) is 11.0 Å². The summed E-state index contributed by atoms with van der Waals surface area (Å²) < 4.78 is 5.14. The molecule has 1 aromatic carbocycles. The van der Waals surface area contributed by atoms with Crippen LogP contribution in [-0.4, -0.2) is 11.2 Å².